The summed E-state index contributed by atoms with van der Waals surface area (Å²) in [5.74, 6) is 0.0706. The van der Waals surface area contributed by atoms with E-state index in [0.29, 0.717) is 0 Å². The van der Waals surface area contributed by atoms with Crippen LogP contribution in [0.4, 0.5) is 0 Å². The van der Waals surface area contributed by atoms with Crippen molar-refractivity contribution in [2.75, 3.05) is 0 Å². The molecule has 0 spiro atoms. The average Bonchev–Trinajstić information content (AvgIpc) is 1.60. The van der Waals surface area contributed by atoms with Gasteiger partial charge < -0.3 is 4.74 Å². The average molecular weight is 144 g/mol. The first-order chi connectivity index (χ1) is 4.36. The molecule has 0 heterocycles. The van der Waals surface area contributed by atoms with E-state index in [0.717, 1.165) is 0 Å². The molecular formula is C8H16O2. The summed E-state index contributed by atoms with van der Waals surface area (Å²) in [6.07, 6.45) is 0.110. The third kappa shape index (κ3) is 2.97. The van der Waals surface area contributed by atoms with Crippen molar-refractivity contribution < 1.29 is 9.53 Å². The Bertz CT molecular complexity index is 125. The van der Waals surface area contributed by atoms with E-state index in [1.165, 1.54) is 0 Å². The van der Waals surface area contributed by atoms with Crippen LogP contribution in [0.25, 0.3) is 0 Å². The maximum absolute atomic E-state index is 10.9. The fraction of sp³-hybridized carbons (Fsp3) is 0.875. The smallest absolute Gasteiger partial charge is 0.160 e. The topological polar surface area (TPSA) is 26.3 Å². The number of ketones is 1. The van der Waals surface area contributed by atoms with Gasteiger partial charge in [-0.1, -0.05) is 0 Å². The van der Waals surface area contributed by atoms with Crippen molar-refractivity contribution >= 4 is 5.78 Å². The van der Waals surface area contributed by atoms with Crippen molar-refractivity contribution in [3.63, 3.8) is 0 Å². The highest BCUT2D eigenvalue weighted by Gasteiger charge is 2.24. The third-order valence-electron chi connectivity index (χ3n) is 1.38. The SMILES string of the molecule is CC(=O)C(C)(C)OC(C)C. The van der Waals surface area contributed by atoms with Gasteiger partial charge in [0.2, 0.25) is 0 Å². The number of carbonyl (C=O) groups is 1. The van der Waals surface area contributed by atoms with E-state index in [2.05, 4.69) is 0 Å². The first kappa shape index (κ1) is 9.63. The van der Waals surface area contributed by atoms with E-state index in [4.69, 9.17) is 4.74 Å². The molecule has 0 aromatic rings. The number of rotatable bonds is 3. The second-order valence-corrected chi connectivity index (χ2v) is 3.23. The van der Waals surface area contributed by atoms with Crippen LogP contribution in [-0.4, -0.2) is 17.5 Å². The highest BCUT2D eigenvalue weighted by Crippen LogP contribution is 2.12. The molecule has 0 fully saturated rings. The molecule has 0 aromatic heterocycles. The minimum Gasteiger partial charge on any atom is -0.365 e. The molecule has 0 atom stereocenters. The highest BCUT2D eigenvalue weighted by molar-refractivity contribution is 5.83. The second-order valence-electron chi connectivity index (χ2n) is 3.23. The van der Waals surface area contributed by atoms with Gasteiger partial charge in [0.1, 0.15) is 5.60 Å². The zero-order chi connectivity index (χ0) is 8.36. The minimum absolute atomic E-state index is 0.0706. The molecule has 0 aliphatic rings. The van der Waals surface area contributed by atoms with Gasteiger partial charge in [-0.2, -0.15) is 0 Å². The van der Waals surface area contributed by atoms with Gasteiger partial charge >= 0.3 is 0 Å². The molecule has 0 aromatic carbocycles. The molecule has 0 bridgehead atoms. The molecule has 0 radical (unpaired) electrons. The Morgan fingerprint density at radius 1 is 1.40 bits per heavy atom. The van der Waals surface area contributed by atoms with Crippen molar-refractivity contribution in [2.45, 2.75) is 46.3 Å². The van der Waals surface area contributed by atoms with E-state index in [9.17, 15) is 4.79 Å². The zero-order valence-electron chi connectivity index (χ0n) is 7.39. The van der Waals surface area contributed by atoms with Gasteiger partial charge in [-0.3, -0.25) is 4.79 Å². The Hall–Kier alpha value is -0.370. The Balaban J connectivity index is 4.00. The first-order valence-corrected chi connectivity index (χ1v) is 3.55. The van der Waals surface area contributed by atoms with Crippen LogP contribution in [0.3, 0.4) is 0 Å². The largest absolute Gasteiger partial charge is 0.365 e. The van der Waals surface area contributed by atoms with E-state index < -0.39 is 5.60 Å². The molecule has 2 heteroatoms. The number of Topliss-reactive ketones (excluding diaryl/α,β-unsaturated/α-hetero) is 1. The van der Waals surface area contributed by atoms with Gasteiger partial charge in [-0.05, 0) is 34.6 Å². The summed E-state index contributed by atoms with van der Waals surface area (Å²) in [5.41, 5.74) is -0.617. The monoisotopic (exact) mass is 144 g/mol. The van der Waals surface area contributed by atoms with Crippen LogP contribution in [0, 0.1) is 0 Å². The summed E-state index contributed by atoms with van der Waals surface area (Å²) in [6, 6.07) is 0. The molecule has 0 rings (SSSR count). The van der Waals surface area contributed by atoms with Crippen LogP contribution in [0.5, 0.6) is 0 Å². The Labute approximate surface area is 62.6 Å². The summed E-state index contributed by atoms with van der Waals surface area (Å²) >= 11 is 0. The third-order valence-corrected chi connectivity index (χ3v) is 1.38. The van der Waals surface area contributed by atoms with Crippen molar-refractivity contribution in [1.29, 1.82) is 0 Å². The Morgan fingerprint density at radius 2 is 1.80 bits per heavy atom. The maximum atomic E-state index is 10.9. The number of hydrogen-bond donors (Lipinski definition) is 0. The van der Waals surface area contributed by atoms with Crippen molar-refractivity contribution in [3.05, 3.63) is 0 Å². The second kappa shape index (κ2) is 3.15. The van der Waals surface area contributed by atoms with Crippen LogP contribution in [-0.2, 0) is 9.53 Å². The molecule has 0 aliphatic heterocycles. The molecule has 60 valence electrons. The summed E-state index contributed by atoms with van der Waals surface area (Å²) in [4.78, 5) is 10.9. The van der Waals surface area contributed by atoms with E-state index in [1.54, 1.807) is 20.8 Å². The van der Waals surface area contributed by atoms with Crippen molar-refractivity contribution in [2.24, 2.45) is 0 Å². The number of ether oxygens (including phenoxy) is 1. The normalized spacial score (nSPS) is 12.2. The lowest BCUT2D eigenvalue weighted by Gasteiger charge is -2.24. The zero-order valence-corrected chi connectivity index (χ0v) is 7.39. The molecule has 2 nitrogen and oxygen atoms in total. The summed E-state index contributed by atoms with van der Waals surface area (Å²) < 4.78 is 5.35. The van der Waals surface area contributed by atoms with E-state index >= 15 is 0 Å². The van der Waals surface area contributed by atoms with Gasteiger partial charge in [-0.25, -0.2) is 0 Å². The van der Waals surface area contributed by atoms with Crippen molar-refractivity contribution in [3.8, 4) is 0 Å². The number of hydrogen-bond acceptors (Lipinski definition) is 2. The Kier molecular flexibility index (Phi) is 3.03. The van der Waals surface area contributed by atoms with Crippen LogP contribution in [0.1, 0.15) is 34.6 Å². The van der Waals surface area contributed by atoms with Crippen molar-refractivity contribution in [1.82, 2.24) is 0 Å². The van der Waals surface area contributed by atoms with Crippen LogP contribution < -0.4 is 0 Å². The lowest BCUT2D eigenvalue weighted by molar-refractivity contribution is -0.142. The summed E-state index contributed by atoms with van der Waals surface area (Å²) in [5, 5.41) is 0. The van der Waals surface area contributed by atoms with Crippen LogP contribution >= 0.6 is 0 Å². The summed E-state index contributed by atoms with van der Waals surface area (Å²) in [7, 11) is 0. The van der Waals surface area contributed by atoms with Crippen LogP contribution in [0.2, 0.25) is 0 Å². The molecule has 0 saturated carbocycles. The Morgan fingerprint density at radius 3 is 1.90 bits per heavy atom. The maximum Gasteiger partial charge on any atom is 0.160 e. The lowest BCUT2D eigenvalue weighted by Crippen LogP contribution is -2.35. The molecular weight excluding hydrogens is 128 g/mol. The molecule has 0 amide bonds. The fourth-order valence-corrected chi connectivity index (χ4v) is 0.672. The van der Waals surface area contributed by atoms with Gasteiger partial charge in [-0.15, -0.1) is 0 Å². The van der Waals surface area contributed by atoms with E-state index in [-0.39, 0.29) is 11.9 Å². The highest BCUT2D eigenvalue weighted by atomic mass is 16.5. The molecule has 0 unspecified atom stereocenters. The molecule has 0 aliphatic carbocycles. The molecule has 10 heavy (non-hydrogen) atoms. The quantitative estimate of drug-likeness (QED) is 0.603. The standard InChI is InChI=1S/C8H16O2/c1-6(2)10-8(4,5)7(3)9/h6H,1-5H3. The van der Waals surface area contributed by atoms with E-state index in [1.807, 2.05) is 13.8 Å². The van der Waals surface area contributed by atoms with Gasteiger partial charge in [0, 0.05) is 0 Å². The fourth-order valence-electron chi connectivity index (χ4n) is 0.672. The van der Waals surface area contributed by atoms with Gasteiger partial charge in [0.25, 0.3) is 0 Å². The summed E-state index contributed by atoms with van der Waals surface area (Å²) in [6.45, 7) is 8.96. The van der Waals surface area contributed by atoms with Gasteiger partial charge in [0.15, 0.2) is 5.78 Å². The predicted molar refractivity (Wildman–Crippen MR) is 41.0 cm³/mol. The first-order valence-electron chi connectivity index (χ1n) is 3.55. The molecule has 0 N–H and O–H groups in total. The van der Waals surface area contributed by atoms with Crippen LogP contribution in [0.15, 0.2) is 0 Å². The number of carbonyl (C=O) groups excluding carboxylic acids is 1. The van der Waals surface area contributed by atoms with Gasteiger partial charge in [0.05, 0.1) is 6.10 Å². The molecule has 0 saturated heterocycles. The predicted octanol–water partition coefficient (Wildman–Crippen LogP) is 1.78. The lowest BCUT2D eigenvalue weighted by atomic mass is 10.1. The minimum atomic E-state index is -0.617.